The van der Waals surface area contributed by atoms with E-state index in [0.29, 0.717) is 0 Å². The van der Waals surface area contributed by atoms with Gasteiger partial charge in [0.2, 0.25) is 0 Å². The highest BCUT2D eigenvalue weighted by molar-refractivity contribution is 4.97. The normalized spacial score (nSPS) is 20.6. The smallest absolute Gasteiger partial charge is 0.0305 e. The van der Waals surface area contributed by atoms with Crippen molar-refractivity contribution in [3.05, 3.63) is 11.6 Å². The Labute approximate surface area is 70.7 Å². The lowest BCUT2D eigenvalue weighted by molar-refractivity contribution is 0.565. The van der Waals surface area contributed by atoms with Gasteiger partial charge in [0.05, 0.1) is 0 Å². The van der Waals surface area contributed by atoms with Crippen LogP contribution in [-0.4, -0.2) is 0 Å². The van der Waals surface area contributed by atoms with Crippen molar-refractivity contribution in [3.63, 3.8) is 0 Å². The SMILES string of the molecule is CC[C]=C1CCCCCCC1. The molecule has 11 heavy (non-hydrogen) atoms. The lowest BCUT2D eigenvalue weighted by Crippen LogP contribution is -1.91. The molecule has 1 aliphatic rings. The zero-order valence-corrected chi connectivity index (χ0v) is 7.66. The van der Waals surface area contributed by atoms with E-state index in [9.17, 15) is 0 Å². The van der Waals surface area contributed by atoms with Crippen LogP contribution in [0, 0.1) is 6.08 Å². The monoisotopic (exact) mass is 151 g/mol. The Hall–Kier alpha value is -0.260. The van der Waals surface area contributed by atoms with E-state index in [1.165, 1.54) is 44.9 Å². The van der Waals surface area contributed by atoms with E-state index in [2.05, 4.69) is 13.0 Å². The zero-order chi connectivity index (χ0) is 7.94. The van der Waals surface area contributed by atoms with Crippen LogP contribution in [0.3, 0.4) is 0 Å². The van der Waals surface area contributed by atoms with Crippen molar-refractivity contribution in [1.82, 2.24) is 0 Å². The van der Waals surface area contributed by atoms with E-state index in [-0.39, 0.29) is 0 Å². The maximum atomic E-state index is 3.47. The summed E-state index contributed by atoms with van der Waals surface area (Å²) in [5, 5.41) is 0. The number of allylic oxidation sites excluding steroid dienone is 2. The summed E-state index contributed by atoms with van der Waals surface area (Å²) >= 11 is 0. The maximum Gasteiger partial charge on any atom is -0.0305 e. The summed E-state index contributed by atoms with van der Waals surface area (Å²) in [5.41, 5.74) is 1.60. The van der Waals surface area contributed by atoms with Crippen molar-refractivity contribution in [1.29, 1.82) is 0 Å². The summed E-state index contributed by atoms with van der Waals surface area (Å²) in [6.45, 7) is 2.19. The molecule has 0 aliphatic heterocycles. The molecule has 0 aromatic heterocycles. The fourth-order valence-electron chi connectivity index (χ4n) is 1.76. The van der Waals surface area contributed by atoms with Gasteiger partial charge >= 0.3 is 0 Å². The van der Waals surface area contributed by atoms with Crippen LogP contribution in [0.2, 0.25) is 0 Å². The quantitative estimate of drug-likeness (QED) is 0.533. The van der Waals surface area contributed by atoms with Crippen LogP contribution in [0.25, 0.3) is 0 Å². The van der Waals surface area contributed by atoms with Crippen molar-refractivity contribution in [2.24, 2.45) is 0 Å². The van der Waals surface area contributed by atoms with Gasteiger partial charge in [0.15, 0.2) is 0 Å². The first-order valence-corrected chi connectivity index (χ1v) is 5.02. The van der Waals surface area contributed by atoms with Crippen LogP contribution in [0.4, 0.5) is 0 Å². The van der Waals surface area contributed by atoms with Gasteiger partial charge in [-0.05, 0) is 38.2 Å². The molecule has 0 aromatic rings. The molecule has 63 valence electrons. The highest BCUT2D eigenvalue weighted by atomic mass is 14.1. The molecule has 0 bridgehead atoms. The van der Waals surface area contributed by atoms with Gasteiger partial charge in [-0.25, -0.2) is 0 Å². The Bertz CT molecular complexity index is 112. The average Bonchev–Trinajstić information content (AvgIpc) is 1.94. The van der Waals surface area contributed by atoms with Crippen LogP contribution < -0.4 is 0 Å². The second kappa shape index (κ2) is 5.40. The van der Waals surface area contributed by atoms with E-state index in [0.717, 1.165) is 6.42 Å². The van der Waals surface area contributed by atoms with Crippen LogP contribution in [0.15, 0.2) is 5.57 Å². The summed E-state index contributed by atoms with van der Waals surface area (Å²) < 4.78 is 0. The summed E-state index contributed by atoms with van der Waals surface area (Å²) in [6.07, 6.45) is 14.4. The minimum absolute atomic E-state index is 1.11. The van der Waals surface area contributed by atoms with Gasteiger partial charge in [-0.1, -0.05) is 31.8 Å². The molecule has 0 heterocycles. The second-order valence-electron chi connectivity index (χ2n) is 3.40. The number of rotatable bonds is 1. The molecule has 0 heteroatoms. The fourth-order valence-corrected chi connectivity index (χ4v) is 1.76. The van der Waals surface area contributed by atoms with Gasteiger partial charge in [0.1, 0.15) is 0 Å². The summed E-state index contributed by atoms with van der Waals surface area (Å²) in [7, 11) is 0. The predicted molar refractivity (Wildman–Crippen MR) is 49.4 cm³/mol. The van der Waals surface area contributed by atoms with Crippen LogP contribution in [0.5, 0.6) is 0 Å². The fraction of sp³-hybridized carbons (Fsp3) is 0.818. The first kappa shape index (κ1) is 8.83. The molecule has 0 aromatic carbocycles. The lowest BCUT2D eigenvalue weighted by atomic mass is 9.96. The minimum atomic E-state index is 1.11. The van der Waals surface area contributed by atoms with Crippen molar-refractivity contribution < 1.29 is 0 Å². The topological polar surface area (TPSA) is 0 Å². The maximum absolute atomic E-state index is 3.47. The Morgan fingerprint density at radius 3 is 2.09 bits per heavy atom. The third kappa shape index (κ3) is 3.60. The molecule has 0 unspecified atom stereocenters. The van der Waals surface area contributed by atoms with E-state index in [4.69, 9.17) is 0 Å². The summed E-state index contributed by atoms with van der Waals surface area (Å²) in [4.78, 5) is 0. The van der Waals surface area contributed by atoms with Crippen LogP contribution in [0.1, 0.15) is 58.3 Å². The molecule has 0 saturated heterocycles. The highest BCUT2D eigenvalue weighted by Crippen LogP contribution is 2.21. The molecule has 0 atom stereocenters. The standard InChI is InChI=1S/C11H19/c1-2-8-11-9-6-4-3-5-7-10-11/h2-7,9-10H2,1H3. The van der Waals surface area contributed by atoms with Gasteiger partial charge < -0.3 is 0 Å². The van der Waals surface area contributed by atoms with Gasteiger partial charge in [-0.3, -0.25) is 0 Å². The van der Waals surface area contributed by atoms with Crippen LogP contribution >= 0.6 is 0 Å². The van der Waals surface area contributed by atoms with E-state index < -0.39 is 0 Å². The van der Waals surface area contributed by atoms with Crippen molar-refractivity contribution in [2.45, 2.75) is 58.3 Å². The molecule has 1 radical (unpaired) electrons. The third-order valence-corrected chi connectivity index (χ3v) is 2.38. The Morgan fingerprint density at radius 1 is 1.00 bits per heavy atom. The predicted octanol–water partition coefficient (Wildman–Crippen LogP) is 3.87. The van der Waals surface area contributed by atoms with Crippen molar-refractivity contribution in [3.8, 4) is 0 Å². The molecule has 0 nitrogen and oxygen atoms in total. The molecule has 1 saturated carbocycles. The van der Waals surface area contributed by atoms with E-state index in [1.807, 2.05) is 0 Å². The third-order valence-electron chi connectivity index (χ3n) is 2.38. The van der Waals surface area contributed by atoms with Gasteiger partial charge in [0.25, 0.3) is 0 Å². The first-order chi connectivity index (χ1) is 5.43. The Morgan fingerprint density at radius 2 is 1.55 bits per heavy atom. The number of hydrogen-bond donors (Lipinski definition) is 0. The van der Waals surface area contributed by atoms with Crippen LogP contribution in [-0.2, 0) is 0 Å². The average molecular weight is 151 g/mol. The van der Waals surface area contributed by atoms with E-state index >= 15 is 0 Å². The lowest BCUT2D eigenvalue weighted by Gasteiger charge is -2.10. The minimum Gasteiger partial charge on any atom is -0.0667 e. The van der Waals surface area contributed by atoms with Gasteiger partial charge in [-0.2, -0.15) is 0 Å². The Kier molecular flexibility index (Phi) is 4.33. The Balaban J connectivity index is 2.31. The number of hydrogen-bond acceptors (Lipinski definition) is 0. The molecule has 0 amide bonds. The van der Waals surface area contributed by atoms with Crippen molar-refractivity contribution in [2.75, 3.05) is 0 Å². The second-order valence-corrected chi connectivity index (χ2v) is 3.40. The molecule has 1 fully saturated rings. The summed E-state index contributed by atoms with van der Waals surface area (Å²) in [6, 6.07) is 0. The van der Waals surface area contributed by atoms with Gasteiger partial charge in [0, 0.05) is 0 Å². The molecular weight excluding hydrogens is 132 g/mol. The van der Waals surface area contributed by atoms with Crippen molar-refractivity contribution >= 4 is 0 Å². The molecule has 1 aliphatic carbocycles. The highest BCUT2D eigenvalue weighted by Gasteiger charge is 2.01. The van der Waals surface area contributed by atoms with E-state index in [1.54, 1.807) is 5.57 Å². The molecular formula is C11H19. The van der Waals surface area contributed by atoms with Gasteiger partial charge in [-0.15, -0.1) is 0 Å². The molecule has 0 N–H and O–H groups in total. The summed E-state index contributed by atoms with van der Waals surface area (Å²) in [5.74, 6) is 0. The largest absolute Gasteiger partial charge is 0.0667 e. The zero-order valence-electron chi connectivity index (χ0n) is 7.66. The molecule has 0 spiro atoms. The molecule has 1 rings (SSSR count). The first-order valence-electron chi connectivity index (χ1n) is 5.02.